The summed E-state index contributed by atoms with van der Waals surface area (Å²) < 4.78 is 1.14. The van der Waals surface area contributed by atoms with E-state index in [2.05, 4.69) is 27.9 Å². The van der Waals surface area contributed by atoms with Crippen molar-refractivity contribution < 1.29 is 4.79 Å². The fraction of sp³-hybridized carbons (Fsp3) is 0.545. The van der Waals surface area contributed by atoms with Crippen molar-refractivity contribution in [3.8, 4) is 0 Å². The van der Waals surface area contributed by atoms with Gasteiger partial charge in [0.15, 0.2) is 0 Å². The maximum absolute atomic E-state index is 11.8. The van der Waals surface area contributed by atoms with Gasteiger partial charge in [0.25, 0.3) is 5.91 Å². The zero-order valence-corrected chi connectivity index (χ0v) is 12.5. The number of hydrogen-bond acceptors (Lipinski definition) is 2. The van der Waals surface area contributed by atoms with E-state index in [4.69, 9.17) is 11.6 Å². The first-order valence-electron chi connectivity index (χ1n) is 5.23. The number of carbonyl (C=O) groups is 1. The van der Waals surface area contributed by atoms with Crippen LogP contribution in [-0.2, 0) is 0 Å². The van der Waals surface area contributed by atoms with Gasteiger partial charge in [0, 0.05) is 17.8 Å². The van der Waals surface area contributed by atoms with Gasteiger partial charge in [-0.1, -0.05) is 0 Å². The molecule has 2 rings (SSSR count). The Morgan fingerprint density at radius 1 is 1.62 bits per heavy atom. The van der Waals surface area contributed by atoms with E-state index in [1.54, 1.807) is 11.3 Å². The fourth-order valence-electron chi connectivity index (χ4n) is 1.69. The fourth-order valence-corrected chi connectivity index (χ4v) is 3.42. The Balaban J connectivity index is 1.84. The smallest absolute Gasteiger partial charge is 0.252 e. The van der Waals surface area contributed by atoms with Crippen molar-refractivity contribution >= 4 is 51.4 Å². The Bertz CT molecular complexity index is 389. The summed E-state index contributed by atoms with van der Waals surface area (Å²) in [4.78, 5) is 11.8. The van der Waals surface area contributed by atoms with Crippen LogP contribution in [0.15, 0.2) is 11.4 Å². The summed E-state index contributed by atoms with van der Waals surface area (Å²) in [5.74, 6) is 0.728. The molecule has 1 fully saturated rings. The molecule has 0 atom stereocenters. The van der Waals surface area contributed by atoms with Crippen molar-refractivity contribution in [1.29, 1.82) is 0 Å². The second-order valence-corrected chi connectivity index (χ2v) is 7.44. The lowest BCUT2D eigenvalue weighted by Crippen LogP contribution is -2.30. The lowest BCUT2D eigenvalue weighted by Gasteiger charge is -2.13. The summed E-state index contributed by atoms with van der Waals surface area (Å²) in [6, 6.07) is 1.92. The summed E-state index contributed by atoms with van der Waals surface area (Å²) in [5, 5.41) is 4.91. The van der Waals surface area contributed by atoms with Gasteiger partial charge >= 0.3 is 0 Å². The van der Waals surface area contributed by atoms with E-state index < -0.39 is 0 Å². The molecule has 1 aromatic heterocycles. The molecule has 1 saturated carbocycles. The standard InChI is InChI=1S/C11H13ClINOS/c12-4-3-11(1-2-11)7-14-10(15)8-5-9(13)16-6-8/h5-6H,1-4,7H2,(H,14,15). The van der Waals surface area contributed by atoms with Gasteiger partial charge in [-0.05, 0) is 53.3 Å². The van der Waals surface area contributed by atoms with E-state index in [0.29, 0.717) is 11.3 Å². The zero-order valence-electron chi connectivity index (χ0n) is 8.76. The Morgan fingerprint density at radius 2 is 2.38 bits per heavy atom. The number of amides is 1. The molecule has 1 heterocycles. The predicted molar refractivity (Wildman–Crippen MR) is 76.4 cm³/mol. The normalized spacial score (nSPS) is 17.1. The molecule has 1 N–H and O–H groups in total. The van der Waals surface area contributed by atoms with E-state index >= 15 is 0 Å². The average Bonchev–Trinajstić information content (AvgIpc) is 2.89. The predicted octanol–water partition coefficient (Wildman–Crippen LogP) is 3.49. The maximum atomic E-state index is 11.8. The molecular formula is C11H13ClINOS. The highest BCUT2D eigenvalue weighted by molar-refractivity contribution is 14.1. The van der Waals surface area contributed by atoms with Crippen LogP contribution in [0, 0.1) is 8.30 Å². The maximum Gasteiger partial charge on any atom is 0.252 e. The summed E-state index contributed by atoms with van der Waals surface area (Å²) >= 11 is 9.57. The van der Waals surface area contributed by atoms with Crippen molar-refractivity contribution in [3.63, 3.8) is 0 Å². The monoisotopic (exact) mass is 369 g/mol. The largest absolute Gasteiger partial charge is 0.351 e. The van der Waals surface area contributed by atoms with Crippen molar-refractivity contribution in [2.24, 2.45) is 5.41 Å². The first kappa shape index (κ1) is 12.6. The molecular weight excluding hydrogens is 357 g/mol. The van der Waals surface area contributed by atoms with Crippen LogP contribution in [0.3, 0.4) is 0 Å². The molecule has 0 spiro atoms. The minimum absolute atomic E-state index is 0.0417. The van der Waals surface area contributed by atoms with Crippen LogP contribution < -0.4 is 5.32 Å². The highest BCUT2D eigenvalue weighted by Gasteiger charge is 2.41. The number of alkyl halides is 1. The molecule has 88 valence electrons. The van der Waals surface area contributed by atoms with Crippen LogP contribution in [0.2, 0.25) is 0 Å². The number of rotatable bonds is 5. The molecule has 0 aliphatic heterocycles. The van der Waals surface area contributed by atoms with Crippen LogP contribution in [0.25, 0.3) is 0 Å². The van der Waals surface area contributed by atoms with Crippen LogP contribution in [0.5, 0.6) is 0 Å². The zero-order chi connectivity index (χ0) is 11.6. The van der Waals surface area contributed by atoms with Crippen molar-refractivity contribution in [2.75, 3.05) is 12.4 Å². The number of thiophene rings is 1. The second kappa shape index (κ2) is 5.23. The number of nitrogens with one attached hydrogen (secondary N) is 1. The Morgan fingerprint density at radius 3 is 2.88 bits per heavy atom. The molecule has 5 heteroatoms. The topological polar surface area (TPSA) is 29.1 Å². The van der Waals surface area contributed by atoms with Gasteiger partial charge < -0.3 is 5.32 Å². The SMILES string of the molecule is O=C(NCC1(CCCl)CC1)c1csc(I)c1. The van der Waals surface area contributed by atoms with Gasteiger partial charge in [-0.3, -0.25) is 4.79 Å². The van der Waals surface area contributed by atoms with Gasteiger partial charge in [-0.15, -0.1) is 22.9 Å². The summed E-state index contributed by atoms with van der Waals surface area (Å²) in [6.45, 7) is 0.769. The van der Waals surface area contributed by atoms with Crippen molar-refractivity contribution in [2.45, 2.75) is 19.3 Å². The average molecular weight is 370 g/mol. The molecule has 0 saturated heterocycles. The Kier molecular flexibility index (Phi) is 4.13. The van der Waals surface area contributed by atoms with Crippen LogP contribution in [-0.4, -0.2) is 18.3 Å². The highest BCUT2D eigenvalue weighted by Crippen LogP contribution is 2.48. The second-order valence-electron chi connectivity index (χ2n) is 4.26. The molecule has 16 heavy (non-hydrogen) atoms. The first-order valence-corrected chi connectivity index (χ1v) is 7.73. The van der Waals surface area contributed by atoms with Crippen molar-refractivity contribution in [3.05, 3.63) is 19.9 Å². The molecule has 0 radical (unpaired) electrons. The van der Waals surface area contributed by atoms with E-state index in [1.165, 1.54) is 12.8 Å². The number of halogens is 2. The third-order valence-corrected chi connectivity index (χ3v) is 5.01. The van der Waals surface area contributed by atoms with E-state index in [0.717, 1.165) is 21.4 Å². The van der Waals surface area contributed by atoms with Gasteiger partial charge in [0.05, 0.1) is 8.45 Å². The van der Waals surface area contributed by atoms with Gasteiger partial charge in [0.1, 0.15) is 0 Å². The Labute approximate surface area is 118 Å². The molecule has 1 aliphatic rings. The molecule has 0 aromatic carbocycles. The van der Waals surface area contributed by atoms with Crippen LogP contribution in [0.4, 0.5) is 0 Å². The van der Waals surface area contributed by atoms with Gasteiger partial charge in [0.2, 0.25) is 0 Å². The summed E-state index contributed by atoms with van der Waals surface area (Å²) in [7, 11) is 0. The summed E-state index contributed by atoms with van der Waals surface area (Å²) in [5.41, 5.74) is 1.08. The van der Waals surface area contributed by atoms with Crippen LogP contribution in [0.1, 0.15) is 29.6 Å². The third kappa shape index (κ3) is 3.11. The minimum Gasteiger partial charge on any atom is -0.351 e. The van der Waals surface area contributed by atoms with Gasteiger partial charge in [-0.25, -0.2) is 0 Å². The molecule has 1 aliphatic carbocycles. The molecule has 0 bridgehead atoms. The van der Waals surface area contributed by atoms with Crippen LogP contribution >= 0.6 is 45.5 Å². The van der Waals surface area contributed by atoms with Crippen molar-refractivity contribution in [1.82, 2.24) is 5.32 Å². The lowest BCUT2D eigenvalue weighted by atomic mass is 10.0. The minimum atomic E-state index is 0.0417. The molecule has 1 amide bonds. The van der Waals surface area contributed by atoms with E-state index in [-0.39, 0.29) is 5.91 Å². The first-order chi connectivity index (χ1) is 7.65. The van der Waals surface area contributed by atoms with E-state index in [1.807, 2.05) is 11.4 Å². The quantitative estimate of drug-likeness (QED) is 0.625. The van der Waals surface area contributed by atoms with Gasteiger partial charge in [-0.2, -0.15) is 0 Å². The van der Waals surface area contributed by atoms with E-state index in [9.17, 15) is 4.79 Å². The number of hydrogen-bond donors (Lipinski definition) is 1. The molecule has 1 aromatic rings. The molecule has 2 nitrogen and oxygen atoms in total. The Hall–Kier alpha value is 0.190. The summed E-state index contributed by atoms with van der Waals surface area (Å²) in [6.07, 6.45) is 3.40. The third-order valence-electron chi connectivity index (χ3n) is 3.04. The lowest BCUT2D eigenvalue weighted by molar-refractivity contribution is 0.0945. The molecule has 0 unspecified atom stereocenters. The highest BCUT2D eigenvalue weighted by atomic mass is 127. The number of carbonyl (C=O) groups excluding carboxylic acids is 1.